The van der Waals surface area contributed by atoms with E-state index in [2.05, 4.69) is 15.6 Å². The molecule has 3 N–H and O–H groups in total. The van der Waals surface area contributed by atoms with Gasteiger partial charge in [-0.1, -0.05) is 5.21 Å². The first kappa shape index (κ1) is 21.3. The van der Waals surface area contributed by atoms with Crippen molar-refractivity contribution in [1.29, 1.82) is 0 Å². The van der Waals surface area contributed by atoms with Gasteiger partial charge in [0, 0.05) is 35.9 Å². The third-order valence-electron chi connectivity index (χ3n) is 4.37. The number of rotatable bonds is 4. The van der Waals surface area contributed by atoms with Gasteiger partial charge in [0.25, 0.3) is 0 Å². The summed E-state index contributed by atoms with van der Waals surface area (Å²) in [4.78, 5) is 0. The molecule has 0 spiro atoms. The van der Waals surface area contributed by atoms with E-state index in [1.165, 1.54) is 0 Å². The van der Waals surface area contributed by atoms with Crippen LogP contribution in [0.4, 0.5) is 0 Å². The zero-order chi connectivity index (χ0) is 18.4. The van der Waals surface area contributed by atoms with Crippen LogP contribution >= 0.6 is 0 Å². The average molecular weight is 408 g/mol. The molecule has 1 saturated heterocycles. The average Bonchev–Trinajstić information content (AvgIpc) is 3.43. The van der Waals surface area contributed by atoms with Crippen molar-refractivity contribution in [2.24, 2.45) is 0 Å². The fourth-order valence-corrected chi connectivity index (χ4v) is 2.90. The fourth-order valence-electron chi connectivity index (χ4n) is 2.90. The third kappa shape index (κ3) is 5.73. The van der Waals surface area contributed by atoms with E-state index < -0.39 is 12.2 Å². The van der Waals surface area contributed by atoms with E-state index in [9.17, 15) is 10.2 Å². The van der Waals surface area contributed by atoms with E-state index >= 15 is 0 Å². The molecule has 3 aromatic rings. The van der Waals surface area contributed by atoms with Gasteiger partial charge in [0.15, 0.2) is 0 Å². The molecule has 1 aliphatic rings. The molecular weight excluding hydrogens is 384 g/mol. The molecular formula is C20H24FeN4O2-6. The minimum atomic E-state index is -0.856. The number of allylic oxidation sites excluding steroid dienone is 1. The van der Waals surface area contributed by atoms with Crippen molar-refractivity contribution in [2.45, 2.75) is 37.8 Å². The molecule has 150 valence electrons. The van der Waals surface area contributed by atoms with Gasteiger partial charge in [0.05, 0.1) is 12.1 Å². The maximum Gasteiger partial charge on any atom is 0.102 e. The Labute approximate surface area is 169 Å². The van der Waals surface area contributed by atoms with Crippen LogP contribution < -0.4 is 5.32 Å². The Morgan fingerprint density at radius 3 is 2.33 bits per heavy atom. The molecule has 27 heavy (non-hydrogen) atoms. The molecule has 0 bridgehead atoms. The molecule has 0 saturated carbocycles. The number of aromatic nitrogens is 3. The van der Waals surface area contributed by atoms with Crippen molar-refractivity contribution in [3.05, 3.63) is 78.1 Å². The molecule has 0 aliphatic carbocycles. The first-order valence-electron chi connectivity index (χ1n) is 8.72. The number of aliphatic hydroxyl groups is 2. The predicted octanol–water partition coefficient (Wildman–Crippen LogP) is 1.87. The molecule has 1 aliphatic heterocycles. The zero-order valence-corrected chi connectivity index (χ0v) is 16.1. The summed E-state index contributed by atoms with van der Waals surface area (Å²) in [5.41, 5.74) is 1.80. The van der Waals surface area contributed by atoms with E-state index in [-0.39, 0.29) is 29.2 Å². The van der Waals surface area contributed by atoms with E-state index in [1.807, 2.05) is 73.7 Å². The predicted molar refractivity (Wildman–Crippen MR) is 100 cm³/mol. The maximum absolute atomic E-state index is 9.99. The van der Waals surface area contributed by atoms with Crippen LogP contribution in [0.3, 0.4) is 0 Å². The minimum absolute atomic E-state index is 0. The first-order valence-corrected chi connectivity index (χ1v) is 8.72. The Hall–Kier alpha value is -2.02. The third-order valence-corrected chi connectivity index (χ3v) is 4.37. The van der Waals surface area contributed by atoms with Gasteiger partial charge in [-0.25, -0.2) is 0 Å². The van der Waals surface area contributed by atoms with Gasteiger partial charge in [0.2, 0.25) is 0 Å². The van der Waals surface area contributed by atoms with Gasteiger partial charge >= 0.3 is 0 Å². The molecule has 0 radical (unpaired) electrons. The summed E-state index contributed by atoms with van der Waals surface area (Å²) in [6.45, 7) is 2.44. The van der Waals surface area contributed by atoms with Crippen LogP contribution in [0.1, 0.15) is 24.2 Å². The first-order chi connectivity index (χ1) is 12.6. The topological polar surface area (TPSA) is 83.2 Å². The Morgan fingerprint density at radius 2 is 1.78 bits per heavy atom. The summed E-state index contributed by atoms with van der Waals surface area (Å²) >= 11 is 0. The molecule has 0 unspecified atom stereocenters. The molecule has 1 fully saturated rings. The summed E-state index contributed by atoms with van der Waals surface area (Å²) in [5, 5.41) is 31.0. The monoisotopic (exact) mass is 408 g/mol. The molecule has 7 heteroatoms. The van der Waals surface area contributed by atoms with Crippen LogP contribution in [0.2, 0.25) is 0 Å². The quantitative estimate of drug-likeness (QED) is 0.454. The molecule has 4 rings (SSSR count). The summed E-state index contributed by atoms with van der Waals surface area (Å²) in [6, 6.07) is 17.5. The zero-order valence-electron chi connectivity index (χ0n) is 15.0. The molecule has 4 atom stereocenters. The number of nitrogens with one attached hydrogen (secondary N) is 1. The summed E-state index contributed by atoms with van der Waals surface area (Å²) < 4.78 is 1.71. The Balaban J connectivity index is 0.000000379. The summed E-state index contributed by atoms with van der Waals surface area (Å²) in [5.74, 6) is 0. The van der Waals surface area contributed by atoms with Crippen LogP contribution in [-0.4, -0.2) is 43.5 Å². The second-order valence-corrected chi connectivity index (χ2v) is 6.36. The standard InChI is InChI=1S/C15H19N4O2.C5H5.Fe/c1-10-14(20)15(21)13(16-10)12-9-19(18-17-12)8-4-7-11-5-2-3-6-11;1-2-4-5-3-1;/h2-7,9-10,13-16,20-21H,8H2,1H3;1-5H;/q-1;-5;/b7-4+;;/t10-,13-,14+,15-;;/m0../s1. The van der Waals surface area contributed by atoms with E-state index in [0.29, 0.717) is 12.2 Å². The Morgan fingerprint density at radius 1 is 1.15 bits per heavy atom. The van der Waals surface area contributed by atoms with Crippen LogP contribution in [0.5, 0.6) is 0 Å². The summed E-state index contributed by atoms with van der Waals surface area (Å²) in [7, 11) is 0. The van der Waals surface area contributed by atoms with E-state index in [0.717, 1.165) is 5.56 Å². The van der Waals surface area contributed by atoms with E-state index in [4.69, 9.17) is 0 Å². The van der Waals surface area contributed by atoms with Crippen molar-refractivity contribution >= 4 is 6.08 Å². The van der Waals surface area contributed by atoms with Crippen LogP contribution in [0.25, 0.3) is 6.08 Å². The summed E-state index contributed by atoms with van der Waals surface area (Å²) in [6.07, 6.45) is 4.18. The minimum Gasteiger partial charge on any atom is -0.748 e. The van der Waals surface area contributed by atoms with Crippen molar-refractivity contribution in [3.8, 4) is 0 Å². The molecule has 6 nitrogen and oxygen atoms in total. The van der Waals surface area contributed by atoms with Gasteiger partial charge in [0.1, 0.15) is 11.8 Å². The molecule has 0 amide bonds. The largest absolute Gasteiger partial charge is 0.748 e. The fraction of sp³-hybridized carbons (Fsp3) is 0.300. The smallest absolute Gasteiger partial charge is 0.102 e. The van der Waals surface area contributed by atoms with E-state index in [1.54, 1.807) is 10.9 Å². The Kier molecular flexibility index (Phi) is 8.16. The van der Waals surface area contributed by atoms with Gasteiger partial charge in [-0.05, 0) is 6.92 Å². The van der Waals surface area contributed by atoms with Crippen LogP contribution in [-0.2, 0) is 23.6 Å². The second-order valence-electron chi connectivity index (χ2n) is 6.36. The second kappa shape index (κ2) is 10.3. The van der Waals surface area contributed by atoms with Crippen molar-refractivity contribution in [2.75, 3.05) is 0 Å². The van der Waals surface area contributed by atoms with Gasteiger partial charge in [-0.3, -0.25) is 4.68 Å². The van der Waals surface area contributed by atoms with Crippen molar-refractivity contribution in [1.82, 2.24) is 20.3 Å². The molecule has 1 aromatic heterocycles. The number of aliphatic hydroxyl groups excluding tert-OH is 2. The van der Waals surface area contributed by atoms with Gasteiger partial charge in [-0.2, -0.15) is 12.1 Å². The Bertz CT molecular complexity index is 766. The number of hydrogen-bond acceptors (Lipinski definition) is 5. The normalized spacial score (nSPS) is 24.4. The van der Waals surface area contributed by atoms with Crippen molar-refractivity contribution < 1.29 is 27.3 Å². The molecule has 2 aromatic carbocycles. The van der Waals surface area contributed by atoms with Crippen LogP contribution in [0, 0.1) is 0 Å². The van der Waals surface area contributed by atoms with Gasteiger partial charge < -0.3 is 45.9 Å². The number of hydrogen-bond donors (Lipinski definition) is 3. The maximum atomic E-state index is 9.99. The SMILES string of the molecule is C[C@@H]1N[C@@H](c2cn(C/C=C/[c-]3cccc3)nn2)[C@H](O)[C@@H]1O.[Fe].[cH-]1[cH-][cH-][cH-][cH-]1. The number of nitrogens with zero attached hydrogens (tertiary/aromatic N) is 3. The molecule has 2 heterocycles. The van der Waals surface area contributed by atoms with Gasteiger partial charge in [-0.15, -0.1) is 34.9 Å². The van der Waals surface area contributed by atoms with Crippen LogP contribution in [0.15, 0.2) is 66.9 Å². The van der Waals surface area contributed by atoms with Crippen molar-refractivity contribution in [3.63, 3.8) is 0 Å².